The van der Waals surface area contributed by atoms with Gasteiger partial charge in [-0.15, -0.1) is 0 Å². The third kappa shape index (κ3) is 12.1. The minimum absolute atomic E-state index is 0.726. The predicted molar refractivity (Wildman–Crippen MR) is 52.5 cm³/mol. The summed E-state index contributed by atoms with van der Waals surface area (Å²) < 4.78 is 8.88. The van der Waals surface area contributed by atoms with E-state index in [1.807, 2.05) is 0 Å². The fraction of sp³-hybridized carbons (Fsp3) is 1.00. The minimum atomic E-state index is -4.64. The third-order valence-electron chi connectivity index (χ3n) is 1.51. The predicted octanol–water partition coefficient (Wildman–Crippen LogP) is -4.51. The zero-order valence-electron chi connectivity index (χ0n) is 8.60. The standard InChI is InChI=1S/C6H14O6.H3O4P/c7-1-3(9)5(11)6(12)4(10)2-8;1-5(2,3)4/h3-12H,1-2H2;(H3,1,2,3,4). The van der Waals surface area contributed by atoms with Gasteiger partial charge in [-0.3, -0.25) is 0 Å². The van der Waals surface area contributed by atoms with Crippen molar-refractivity contribution in [1.29, 1.82) is 0 Å². The summed E-state index contributed by atoms with van der Waals surface area (Å²) in [5.41, 5.74) is 0. The molecule has 0 aromatic rings. The van der Waals surface area contributed by atoms with Gasteiger partial charge in [-0.05, 0) is 0 Å². The van der Waals surface area contributed by atoms with Crippen LogP contribution in [0, 0.1) is 0 Å². The van der Waals surface area contributed by atoms with Crippen molar-refractivity contribution in [2.45, 2.75) is 24.4 Å². The summed E-state index contributed by atoms with van der Waals surface area (Å²) in [5, 5.41) is 52.2. The van der Waals surface area contributed by atoms with Gasteiger partial charge in [0.15, 0.2) is 0 Å². The normalized spacial score (nSPS) is 18.6. The molecule has 4 atom stereocenters. The Morgan fingerprint density at radius 3 is 1.06 bits per heavy atom. The van der Waals surface area contributed by atoms with E-state index in [1.54, 1.807) is 0 Å². The highest BCUT2D eigenvalue weighted by atomic mass is 31.2. The van der Waals surface area contributed by atoms with Gasteiger partial charge < -0.3 is 45.3 Å². The van der Waals surface area contributed by atoms with Crippen molar-refractivity contribution >= 4 is 7.82 Å². The van der Waals surface area contributed by atoms with Crippen LogP contribution in [0.15, 0.2) is 0 Å². The van der Waals surface area contributed by atoms with Gasteiger partial charge >= 0.3 is 7.82 Å². The Morgan fingerprint density at radius 1 is 0.765 bits per heavy atom. The highest BCUT2D eigenvalue weighted by Crippen LogP contribution is 2.25. The molecule has 0 aromatic heterocycles. The average Bonchev–Trinajstić information content (AvgIpc) is 2.22. The zero-order valence-corrected chi connectivity index (χ0v) is 9.50. The van der Waals surface area contributed by atoms with Crippen LogP contribution in [0.25, 0.3) is 0 Å². The molecule has 0 saturated heterocycles. The molecular formula is C6H17O10P. The maximum Gasteiger partial charge on any atom is 0.466 e. The first-order valence-electron chi connectivity index (χ1n) is 4.26. The first-order valence-corrected chi connectivity index (χ1v) is 5.83. The molecule has 0 aliphatic rings. The molecule has 0 heterocycles. The van der Waals surface area contributed by atoms with Gasteiger partial charge in [0.05, 0.1) is 13.2 Å². The lowest BCUT2D eigenvalue weighted by Crippen LogP contribution is -2.46. The molecule has 0 aliphatic heterocycles. The van der Waals surface area contributed by atoms with Crippen LogP contribution in [-0.2, 0) is 4.57 Å². The van der Waals surface area contributed by atoms with E-state index in [0.29, 0.717) is 0 Å². The lowest BCUT2D eigenvalue weighted by atomic mass is 10.0. The van der Waals surface area contributed by atoms with Gasteiger partial charge in [-0.1, -0.05) is 0 Å². The van der Waals surface area contributed by atoms with Crippen LogP contribution >= 0.6 is 7.82 Å². The molecule has 0 saturated carbocycles. The molecular weight excluding hydrogens is 263 g/mol. The minimum Gasteiger partial charge on any atom is -0.394 e. The molecule has 106 valence electrons. The van der Waals surface area contributed by atoms with Crippen molar-refractivity contribution in [2.75, 3.05) is 13.2 Å². The van der Waals surface area contributed by atoms with Crippen LogP contribution in [0.3, 0.4) is 0 Å². The molecule has 0 radical (unpaired) electrons. The number of aliphatic hydroxyl groups is 6. The van der Waals surface area contributed by atoms with Crippen molar-refractivity contribution < 1.29 is 49.9 Å². The molecule has 0 amide bonds. The van der Waals surface area contributed by atoms with Gasteiger partial charge in [0, 0.05) is 0 Å². The molecule has 4 unspecified atom stereocenters. The Labute approximate surface area is 96.3 Å². The van der Waals surface area contributed by atoms with Crippen molar-refractivity contribution in [3.05, 3.63) is 0 Å². The number of phosphoric acid groups is 1. The van der Waals surface area contributed by atoms with Crippen LogP contribution in [0.2, 0.25) is 0 Å². The lowest BCUT2D eigenvalue weighted by Gasteiger charge is -2.24. The van der Waals surface area contributed by atoms with E-state index in [1.165, 1.54) is 0 Å². The smallest absolute Gasteiger partial charge is 0.394 e. The van der Waals surface area contributed by atoms with E-state index in [0.717, 1.165) is 0 Å². The zero-order chi connectivity index (χ0) is 14.2. The molecule has 0 bridgehead atoms. The topological polar surface area (TPSA) is 199 Å². The summed E-state index contributed by atoms with van der Waals surface area (Å²) in [6.07, 6.45) is -6.39. The highest BCUT2D eigenvalue weighted by molar-refractivity contribution is 7.45. The Balaban J connectivity index is 0. The van der Waals surface area contributed by atoms with Gasteiger partial charge in [-0.25, -0.2) is 4.57 Å². The SMILES string of the molecule is O=P(O)(O)O.OCC(O)C(O)C(O)C(O)CO. The molecule has 9 N–H and O–H groups in total. The van der Waals surface area contributed by atoms with Crippen LogP contribution < -0.4 is 0 Å². The monoisotopic (exact) mass is 280 g/mol. The fourth-order valence-corrected chi connectivity index (χ4v) is 0.671. The van der Waals surface area contributed by atoms with Gasteiger partial charge in [0.25, 0.3) is 0 Å². The molecule has 0 rings (SSSR count). The molecule has 0 fully saturated rings. The summed E-state index contributed by atoms with van der Waals surface area (Å²) in [5.74, 6) is 0. The lowest BCUT2D eigenvalue weighted by molar-refractivity contribution is -0.123. The Bertz CT molecular complexity index is 207. The average molecular weight is 280 g/mol. The first kappa shape index (κ1) is 19.2. The van der Waals surface area contributed by atoms with Crippen LogP contribution in [-0.4, -0.2) is 82.9 Å². The number of hydrogen-bond acceptors (Lipinski definition) is 7. The summed E-state index contributed by atoms with van der Waals surface area (Å²) >= 11 is 0. The summed E-state index contributed by atoms with van der Waals surface area (Å²) in [6.45, 7) is -1.45. The van der Waals surface area contributed by atoms with Crippen LogP contribution in [0.5, 0.6) is 0 Å². The number of hydrogen-bond donors (Lipinski definition) is 9. The van der Waals surface area contributed by atoms with Crippen LogP contribution in [0.4, 0.5) is 0 Å². The molecule has 17 heavy (non-hydrogen) atoms. The summed E-state index contributed by atoms with van der Waals surface area (Å²) in [7, 11) is -4.64. The Hall–Kier alpha value is -0.130. The van der Waals surface area contributed by atoms with E-state index in [9.17, 15) is 0 Å². The molecule has 0 spiro atoms. The van der Waals surface area contributed by atoms with E-state index >= 15 is 0 Å². The van der Waals surface area contributed by atoms with E-state index in [-0.39, 0.29) is 0 Å². The van der Waals surface area contributed by atoms with E-state index < -0.39 is 45.5 Å². The van der Waals surface area contributed by atoms with Crippen molar-refractivity contribution in [3.63, 3.8) is 0 Å². The molecule has 0 aliphatic carbocycles. The summed E-state index contributed by atoms with van der Waals surface area (Å²) in [4.78, 5) is 21.6. The molecule has 11 heteroatoms. The third-order valence-corrected chi connectivity index (χ3v) is 1.51. The highest BCUT2D eigenvalue weighted by Gasteiger charge is 2.29. The van der Waals surface area contributed by atoms with Gasteiger partial charge in [0.2, 0.25) is 0 Å². The second-order valence-corrected chi connectivity index (χ2v) is 4.02. The van der Waals surface area contributed by atoms with Crippen molar-refractivity contribution in [1.82, 2.24) is 0 Å². The fourth-order valence-electron chi connectivity index (χ4n) is 0.671. The quantitative estimate of drug-likeness (QED) is 0.221. The Morgan fingerprint density at radius 2 is 0.941 bits per heavy atom. The molecule has 0 aromatic carbocycles. The van der Waals surface area contributed by atoms with Gasteiger partial charge in [0.1, 0.15) is 24.4 Å². The molecule has 10 nitrogen and oxygen atoms in total. The van der Waals surface area contributed by atoms with E-state index in [4.69, 9.17) is 49.9 Å². The van der Waals surface area contributed by atoms with Crippen molar-refractivity contribution in [3.8, 4) is 0 Å². The second kappa shape index (κ2) is 8.89. The number of rotatable bonds is 5. The van der Waals surface area contributed by atoms with Crippen molar-refractivity contribution in [2.24, 2.45) is 0 Å². The second-order valence-electron chi connectivity index (χ2n) is 2.99. The van der Waals surface area contributed by atoms with Gasteiger partial charge in [-0.2, -0.15) is 0 Å². The maximum absolute atomic E-state index is 8.96. The number of aliphatic hydroxyl groups excluding tert-OH is 6. The summed E-state index contributed by atoms with van der Waals surface area (Å²) in [6, 6.07) is 0. The maximum atomic E-state index is 8.96. The van der Waals surface area contributed by atoms with E-state index in [2.05, 4.69) is 0 Å². The first-order chi connectivity index (χ1) is 7.54. The largest absolute Gasteiger partial charge is 0.466 e. The Kier molecular flexibility index (Phi) is 10.0. The van der Waals surface area contributed by atoms with Crippen LogP contribution in [0.1, 0.15) is 0 Å².